The first-order chi connectivity index (χ1) is 9.95. The number of hydrogen-bond acceptors (Lipinski definition) is 5. The zero-order chi connectivity index (χ0) is 15.7. The molecule has 21 heavy (non-hydrogen) atoms. The van der Waals surface area contributed by atoms with E-state index in [0.717, 1.165) is 5.75 Å². The van der Waals surface area contributed by atoms with Gasteiger partial charge >= 0.3 is 5.97 Å². The molecule has 0 spiro atoms. The lowest BCUT2D eigenvalue weighted by Gasteiger charge is -2.25. The summed E-state index contributed by atoms with van der Waals surface area (Å²) in [6.45, 7) is 6.52. The molecule has 0 aliphatic heterocycles. The lowest BCUT2D eigenvalue weighted by molar-refractivity contribution is -0.150. The van der Waals surface area contributed by atoms with Crippen molar-refractivity contribution in [3.63, 3.8) is 0 Å². The van der Waals surface area contributed by atoms with Crippen molar-refractivity contribution < 1.29 is 19.0 Å². The molecule has 1 aromatic rings. The molecule has 0 aliphatic rings. The van der Waals surface area contributed by atoms with Crippen LogP contribution in [0, 0.1) is 0 Å². The second-order valence-corrected chi connectivity index (χ2v) is 5.18. The molecule has 1 rings (SSSR count). The van der Waals surface area contributed by atoms with Crippen LogP contribution in [0.4, 0.5) is 0 Å². The van der Waals surface area contributed by atoms with Gasteiger partial charge in [-0.3, -0.25) is 4.79 Å². The Labute approximate surface area is 126 Å². The first-order valence-electron chi connectivity index (χ1n) is 7.21. The topological polar surface area (TPSA) is 70.8 Å². The molecule has 0 aromatic heterocycles. The highest BCUT2D eigenvalue weighted by atomic mass is 16.5. The maximum absolute atomic E-state index is 11.7. The van der Waals surface area contributed by atoms with Crippen molar-refractivity contribution in [3.8, 4) is 5.75 Å². The van der Waals surface area contributed by atoms with Crippen LogP contribution in [-0.2, 0) is 14.3 Å². The summed E-state index contributed by atoms with van der Waals surface area (Å²) < 4.78 is 16.1. The van der Waals surface area contributed by atoms with Gasteiger partial charge in [0.05, 0.1) is 19.3 Å². The average molecular weight is 295 g/mol. The third-order valence-corrected chi connectivity index (χ3v) is 2.95. The van der Waals surface area contributed by atoms with E-state index in [1.807, 2.05) is 37.3 Å². The van der Waals surface area contributed by atoms with Crippen molar-refractivity contribution in [3.05, 3.63) is 30.3 Å². The van der Waals surface area contributed by atoms with Crippen LogP contribution in [0.15, 0.2) is 30.3 Å². The van der Waals surface area contributed by atoms with Gasteiger partial charge in [-0.1, -0.05) is 18.2 Å². The summed E-state index contributed by atoms with van der Waals surface area (Å²) in [6.07, 6.45) is 0.251. The van der Waals surface area contributed by atoms with Crippen molar-refractivity contribution in [1.82, 2.24) is 0 Å². The quantitative estimate of drug-likeness (QED) is 0.558. The Balaban J connectivity index is 2.24. The molecule has 0 bridgehead atoms. The van der Waals surface area contributed by atoms with Gasteiger partial charge in [0.2, 0.25) is 0 Å². The molecule has 2 N–H and O–H groups in total. The molecule has 2 atom stereocenters. The van der Waals surface area contributed by atoms with Crippen molar-refractivity contribution >= 4 is 5.97 Å². The number of nitrogens with two attached hydrogens (primary N) is 1. The van der Waals surface area contributed by atoms with Gasteiger partial charge in [0, 0.05) is 6.42 Å². The Morgan fingerprint density at radius 3 is 2.57 bits per heavy atom. The molecular weight excluding hydrogens is 270 g/mol. The fourth-order valence-electron chi connectivity index (χ4n) is 1.96. The molecule has 5 heteroatoms. The number of para-hydroxylation sites is 1. The van der Waals surface area contributed by atoms with Crippen molar-refractivity contribution in [2.45, 2.75) is 38.8 Å². The largest absolute Gasteiger partial charge is 0.491 e. The zero-order valence-electron chi connectivity index (χ0n) is 13.0. The second-order valence-electron chi connectivity index (χ2n) is 5.18. The van der Waals surface area contributed by atoms with Gasteiger partial charge in [0.1, 0.15) is 17.9 Å². The predicted molar refractivity (Wildman–Crippen MR) is 81.2 cm³/mol. The van der Waals surface area contributed by atoms with Crippen molar-refractivity contribution in [2.24, 2.45) is 5.73 Å². The Morgan fingerprint density at radius 1 is 1.29 bits per heavy atom. The first kappa shape index (κ1) is 17.5. The average Bonchev–Trinajstić information content (AvgIpc) is 2.44. The third-order valence-electron chi connectivity index (χ3n) is 2.95. The highest BCUT2D eigenvalue weighted by Gasteiger charge is 2.32. The van der Waals surface area contributed by atoms with E-state index < -0.39 is 11.5 Å². The molecular formula is C16H25NO4. The summed E-state index contributed by atoms with van der Waals surface area (Å²) >= 11 is 0. The Bertz CT molecular complexity index is 420. The van der Waals surface area contributed by atoms with Gasteiger partial charge in [-0.05, 0) is 32.9 Å². The number of esters is 1. The van der Waals surface area contributed by atoms with Crippen LogP contribution >= 0.6 is 0 Å². The Hall–Kier alpha value is -1.59. The molecule has 0 saturated heterocycles. The molecule has 0 aliphatic carbocycles. The van der Waals surface area contributed by atoms with Crippen LogP contribution in [-0.4, -0.2) is 37.4 Å². The number of carbonyl (C=O) groups excluding carboxylic acids is 1. The Kier molecular flexibility index (Phi) is 7.19. The van der Waals surface area contributed by atoms with Gasteiger partial charge < -0.3 is 19.9 Å². The van der Waals surface area contributed by atoms with Gasteiger partial charge in [0.25, 0.3) is 0 Å². The molecule has 1 aromatic carbocycles. The molecule has 0 radical (unpaired) electrons. The molecule has 0 fully saturated rings. The molecule has 118 valence electrons. The van der Waals surface area contributed by atoms with E-state index in [1.165, 1.54) is 0 Å². The lowest BCUT2D eigenvalue weighted by Crippen LogP contribution is -2.48. The van der Waals surface area contributed by atoms with E-state index in [2.05, 4.69) is 0 Å². The van der Waals surface area contributed by atoms with Crippen LogP contribution in [0.1, 0.15) is 27.2 Å². The summed E-state index contributed by atoms with van der Waals surface area (Å²) in [6, 6.07) is 9.54. The van der Waals surface area contributed by atoms with E-state index in [4.69, 9.17) is 19.9 Å². The lowest BCUT2D eigenvalue weighted by atomic mass is 9.96. The van der Waals surface area contributed by atoms with Crippen LogP contribution < -0.4 is 10.5 Å². The number of rotatable bonds is 9. The van der Waals surface area contributed by atoms with Crippen molar-refractivity contribution in [1.29, 1.82) is 0 Å². The van der Waals surface area contributed by atoms with E-state index in [1.54, 1.807) is 13.8 Å². The first-order valence-corrected chi connectivity index (χ1v) is 7.21. The molecule has 2 unspecified atom stereocenters. The number of hydrogen-bond donors (Lipinski definition) is 1. The molecule has 0 amide bonds. The summed E-state index contributed by atoms with van der Waals surface area (Å²) in [5, 5.41) is 0. The normalized spacial score (nSPS) is 15.0. The number of carbonyl (C=O) groups is 1. The van der Waals surface area contributed by atoms with E-state index in [-0.39, 0.29) is 6.10 Å². The number of ether oxygens (including phenoxy) is 3. The summed E-state index contributed by atoms with van der Waals surface area (Å²) in [4.78, 5) is 11.7. The fourth-order valence-corrected chi connectivity index (χ4v) is 1.96. The van der Waals surface area contributed by atoms with Crippen molar-refractivity contribution in [2.75, 3.05) is 19.8 Å². The fraction of sp³-hybridized carbons (Fsp3) is 0.562. The van der Waals surface area contributed by atoms with Crippen LogP contribution in [0.25, 0.3) is 0 Å². The van der Waals surface area contributed by atoms with Gasteiger partial charge in [-0.15, -0.1) is 0 Å². The molecule has 0 heterocycles. The van der Waals surface area contributed by atoms with Gasteiger partial charge in [0.15, 0.2) is 0 Å². The third kappa shape index (κ3) is 6.60. The van der Waals surface area contributed by atoms with E-state index in [0.29, 0.717) is 26.2 Å². The van der Waals surface area contributed by atoms with Gasteiger partial charge in [-0.25, -0.2) is 0 Å². The standard InChI is InChI=1S/C16H25NO4/c1-4-19-15(18)16(3,17)12-13(2)20-10-11-21-14-8-6-5-7-9-14/h5-9,13H,4,10-12,17H2,1-3H3. The van der Waals surface area contributed by atoms with Crippen LogP contribution in [0.3, 0.4) is 0 Å². The molecule has 0 saturated carbocycles. The summed E-state index contributed by atoms with van der Waals surface area (Å²) in [5.41, 5.74) is 4.92. The highest BCUT2D eigenvalue weighted by Crippen LogP contribution is 2.14. The van der Waals surface area contributed by atoms with Gasteiger partial charge in [-0.2, -0.15) is 0 Å². The minimum Gasteiger partial charge on any atom is -0.491 e. The minimum atomic E-state index is -1.03. The monoisotopic (exact) mass is 295 g/mol. The smallest absolute Gasteiger partial charge is 0.325 e. The second kappa shape index (κ2) is 8.64. The SMILES string of the molecule is CCOC(=O)C(C)(N)CC(C)OCCOc1ccccc1. The number of benzene rings is 1. The summed E-state index contributed by atoms with van der Waals surface area (Å²) in [7, 11) is 0. The zero-order valence-corrected chi connectivity index (χ0v) is 13.0. The van der Waals surface area contributed by atoms with E-state index >= 15 is 0 Å². The minimum absolute atomic E-state index is 0.149. The van der Waals surface area contributed by atoms with E-state index in [9.17, 15) is 4.79 Å². The maximum Gasteiger partial charge on any atom is 0.325 e. The molecule has 5 nitrogen and oxygen atoms in total. The predicted octanol–water partition coefficient (Wildman–Crippen LogP) is 2.14. The Morgan fingerprint density at radius 2 is 1.95 bits per heavy atom. The maximum atomic E-state index is 11.7. The van der Waals surface area contributed by atoms with Crippen LogP contribution in [0.5, 0.6) is 5.75 Å². The summed E-state index contributed by atoms with van der Waals surface area (Å²) in [5.74, 6) is 0.407. The van der Waals surface area contributed by atoms with Crippen LogP contribution in [0.2, 0.25) is 0 Å². The highest BCUT2D eigenvalue weighted by molar-refractivity contribution is 5.80.